The van der Waals surface area contributed by atoms with E-state index in [-0.39, 0.29) is 5.91 Å². The molecule has 27 heavy (non-hydrogen) atoms. The smallest absolute Gasteiger partial charge is 0.255 e. The minimum atomic E-state index is -0.473. The highest BCUT2D eigenvalue weighted by atomic mass is 16.5. The molecular formula is C18H17N7O2. The third-order valence-electron chi connectivity index (χ3n) is 4.31. The van der Waals surface area contributed by atoms with Gasteiger partial charge in [0.15, 0.2) is 0 Å². The first-order valence-electron chi connectivity index (χ1n) is 8.28. The Balaban J connectivity index is 1.75. The lowest BCUT2D eigenvalue weighted by atomic mass is 9.95. The number of carbonyl (C=O) groups is 1. The Bertz CT molecular complexity index is 996. The van der Waals surface area contributed by atoms with Gasteiger partial charge < -0.3 is 15.4 Å². The fourth-order valence-electron chi connectivity index (χ4n) is 3.04. The van der Waals surface area contributed by atoms with E-state index in [0.29, 0.717) is 22.9 Å². The molecule has 3 aromatic rings. The van der Waals surface area contributed by atoms with E-state index in [1.165, 1.54) is 0 Å². The number of tetrazole rings is 1. The summed E-state index contributed by atoms with van der Waals surface area (Å²) in [4.78, 5) is 17.1. The van der Waals surface area contributed by atoms with Crippen molar-refractivity contribution in [3.8, 4) is 5.75 Å². The van der Waals surface area contributed by atoms with Crippen molar-refractivity contribution >= 4 is 17.5 Å². The monoisotopic (exact) mass is 363 g/mol. The topological polar surface area (TPSA) is 107 Å². The summed E-state index contributed by atoms with van der Waals surface area (Å²) >= 11 is 0. The van der Waals surface area contributed by atoms with Crippen LogP contribution in [0.1, 0.15) is 18.5 Å². The largest absolute Gasteiger partial charge is 0.497 e. The van der Waals surface area contributed by atoms with E-state index < -0.39 is 6.04 Å². The Morgan fingerprint density at radius 1 is 1.26 bits per heavy atom. The first-order valence-corrected chi connectivity index (χ1v) is 8.28. The molecule has 0 aliphatic carbocycles. The van der Waals surface area contributed by atoms with E-state index in [1.54, 1.807) is 36.3 Å². The van der Waals surface area contributed by atoms with Crippen molar-refractivity contribution in [2.24, 2.45) is 0 Å². The molecule has 0 saturated heterocycles. The van der Waals surface area contributed by atoms with Crippen LogP contribution < -0.4 is 15.4 Å². The number of hydrogen-bond acceptors (Lipinski definition) is 7. The van der Waals surface area contributed by atoms with E-state index in [0.717, 1.165) is 11.3 Å². The minimum absolute atomic E-state index is 0.255. The molecule has 3 heterocycles. The predicted octanol–water partition coefficient (Wildman–Crippen LogP) is 2.00. The standard InChI is InChI=1S/C18H17N7O2/c1-11-15(17(26)21-13-4-3-9-19-10-13)16(25-18(20-11)22-23-24-25)12-5-7-14(27-2)8-6-12/h3-10,16H,1-2H3,(H,21,26)(H,20,22,24)/t16-/m0/s1. The lowest BCUT2D eigenvalue weighted by Crippen LogP contribution is -2.31. The van der Waals surface area contributed by atoms with Crippen LogP contribution in [0, 0.1) is 0 Å². The number of allylic oxidation sites excluding steroid dienone is 1. The number of amides is 1. The number of methoxy groups -OCH3 is 1. The average Bonchev–Trinajstić information content (AvgIpc) is 3.15. The molecule has 1 atom stereocenters. The molecule has 2 aromatic heterocycles. The summed E-state index contributed by atoms with van der Waals surface area (Å²) in [5.74, 6) is 0.952. The van der Waals surface area contributed by atoms with Crippen LogP contribution in [0.4, 0.5) is 11.6 Å². The van der Waals surface area contributed by atoms with E-state index in [9.17, 15) is 4.79 Å². The Kier molecular flexibility index (Phi) is 4.25. The summed E-state index contributed by atoms with van der Waals surface area (Å²) in [6.07, 6.45) is 3.24. The van der Waals surface area contributed by atoms with Crippen molar-refractivity contribution in [1.82, 2.24) is 25.2 Å². The van der Waals surface area contributed by atoms with Crippen molar-refractivity contribution in [3.05, 3.63) is 65.6 Å². The Morgan fingerprint density at radius 2 is 2.07 bits per heavy atom. The zero-order valence-corrected chi connectivity index (χ0v) is 14.7. The summed E-state index contributed by atoms with van der Waals surface area (Å²) < 4.78 is 6.82. The minimum Gasteiger partial charge on any atom is -0.497 e. The van der Waals surface area contributed by atoms with Crippen LogP contribution in [-0.4, -0.2) is 38.2 Å². The number of benzene rings is 1. The summed E-state index contributed by atoms with van der Waals surface area (Å²) in [6.45, 7) is 1.83. The van der Waals surface area contributed by atoms with Gasteiger partial charge in [0.1, 0.15) is 11.8 Å². The lowest BCUT2D eigenvalue weighted by Gasteiger charge is -2.28. The summed E-state index contributed by atoms with van der Waals surface area (Å²) in [7, 11) is 1.61. The van der Waals surface area contributed by atoms with Crippen LogP contribution in [0.25, 0.3) is 0 Å². The van der Waals surface area contributed by atoms with Crippen LogP contribution in [0.5, 0.6) is 5.75 Å². The molecule has 1 aromatic carbocycles. The van der Waals surface area contributed by atoms with Gasteiger partial charge in [-0.15, -0.1) is 0 Å². The van der Waals surface area contributed by atoms with Gasteiger partial charge >= 0.3 is 0 Å². The Morgan fingerprint density at radius 3 is 2.78 bits per heavy atom. The SMILES string of the molecule is COc1ccc([C@H]2C(C(=O)Nc3cccnc3)=C(C)Nc3nnnn32)cc1. The second kappa shape index (κ2) is 6.87. The van der Waals surface area contributed by atoms with Gasteiger partial charge in [-0.2, -0.15) is 4.68 Å². The molecule has 0 spiro atoms. The van der Waals surface area contributed by atoms with Crippen molar-refractivity contribution in [1.29, 1.82) is 0 Å². The van der Waals surface area contributed by atoms with Gasteiger partial charge in [-0.1, -0.05) is 17.2 Å². The molecule has 9 nitrogen and oxygen atoms in total. The second-order valence-corrected chi connectivity index (χ2v) is 5.98. The molecule has 0 saturated carbocycles. The highest BCUT2D eigenvalue weighted by molar-refractivity contribution is 6.05. The fraction of sp³-hybridized carbons (Fsp3) is 0.167. The summed E-state index contributed by atoms with van der Waals surface area (Å²) in [5.41, 5.74) is 2.67. The van der Waals surface area contributed by atoms with Crippen molar-refractivity contribution in [2.45, 2.75) is 13.0 Å². The highest BCUT2D eigenvalue weighted by Crippen LogP contribution is 2.35. The third kappa shape index (κ3) is 3.10. The molecule has 4 rings (SSSR count). The third-order valence-corrected chi connectivity index (χ3v) is 4.31. The van der Waals surface area contributed by atoms with Crippen molar-refractivity contribution < 1.29 is 9.53 Å². The number of anilines is 2. The predicted molar refractivity (Wildman–Crippen MR) is 98.1 cm³/mol. The zero-order chi connectivity index (χ0) is 18.8. The number of nitrogens with one attached hydrogen (secondary N) is 2. The molecule has 0 bridgehead atoms. The molecule has 136 valence electrons. The molecule has 1 aliphatic rings. The maximum atomic E-state index is 13.1. The molecular weight excluding hydrogens is 346 g/mol. The average molecular weight is 363 g/mol. The number of carbonyl (C=O) groups excluding carboxylic acids is 1. The van der Waals surface area contributed by atoms with Crippen LogP contribution in [0.2, 0.25) is 0 Å². The van der Waals surface area contributed by atoms with Crippen molar-refractivity contribution in [2.75, 3.05) is 17.7 Å². The Labute approximate surface area is 155 Å². The zero-order valence-electron chi connectivity index (χ0n) is 14.7. The molecule has 2 N–H and O–H groups in total. The van der Waals surface area contributed by atoms with Crippen LogP contribution in [-0.2, 0) is 4.79 Å². The molecule has 1 aliphatic heterocycles. The number of nitrogens with zero attached hydrogens (tertiary/aromatic N) is 5. The van der Waals surface area contributed by atoms with Gasteiger partial charge in [-0.25, -0.2) is 0 Å². The van der Waals surface area contributed by atoms with Gasteiger partial charge in [-0.3, -0.25) is 9.78 Å². The van der Waals surface area contributed by atoms with Crippen LogP contribution in [0.15, 0.2) is 60.1 Å². The second-order valence-electron chi connectivity index (χ2n) is 5.98. The number of fused-ring (bicyclic) bond motifs is 1. The number of rotatable bonds is 4. The van der Waals surface area contributed by atoms with E-state index >= 15 is 0 Å². The van der Waals surface area contributed by atoms with Crippen LogP contribution in [0.3, 0.4) is 0 Å². The van der Waals surface area contributed by atoms with Crippen molar-refractivity contribution in [3.63, 3.8) is 0 Å². The van der Waals surface area contributed by atoms with E-state index in [4.69, 9.17) is 4.74 Å². The molecule has 0 unspecified atom stereocenters. The van der Waals surface area contributed by atoms with E-state index in [1.807, 2.05) is 31.2 Å². The number of hydrogen-bond donors (Lipinski definition) is 2. The van der Waals surface area contributed by atoms with E-state index in [2.05, 4.69) is 31.1 Å². The first-order chi connectivity index (χ1) is 13.2. The maximum Gasteiger partial charge on any atom is 0.255 e. The van der Waals surface area contributed by atoms with Crippen LogP contribution >= 0.6 is 0 Å². The number of pyridine rings is 1. The molecule has 9 heteroatoms. The maximum absolute atomic E-state index is 13.1. The normalized spacial score (nSPS) is 15.7. The molecule has 0 radical (unpaired) electrons. The Hall–Kier alpha value is -3.75. The quantitative estimate of drug-likeness (QED) is 0.730. The van der Waals surface area contributed by atoms with Gasteiger partial charge in [-0.05, 0) is 47.2 Å². The first kappa shape index (κ1) is 16.7. The summed E-state index contributed by atoms with van der Waals surface area (Å²) in [5, 5.41) is 17.7. The number of aromatic nitrogens is 5. The van der Waals surface area contributed by atoms with Gasteiger partial charge in [0.05, 0.1) is 24.6 Å². The molecule has 0 fully saturated rings. The molecule has 1 amide bonds. The lowest BCUT2D eigenvalue weighted by molar-refractivity contribution is -0.113. The number of ether oxygens (including phenoxy) is 1. The van der Waals surface area contributed by atoms with Gasteiger partial charge in [0.25, 0.3) is 5.91 Å². The van der Waals surface area contributed by atoms with Gasteiger partial charge in [0.2, 0.25) is 5.95 Å². The summed E-state index contributed by atoms with van der Waals surface area (Å²) in [6, 6.07) is 10.5. The highest BCUT2D eigenvalue weighted by Gasteiger charge is 2.34. The van der Waals surface area contributed by atoms with Gasteiger partial charge in [0, 0.05) is 11.9 Å². The fourth-order valence-corrected chi connectivity index (χ4v) is 3.04.